The topological polar surface area (TPSA) is 108 Å². The number of fused-ring (bicyclic) bond motifs is 1. The van der Waals surface area contributed by atoms with Crippen LogP contribution < -0.4 is 10.6 Å². The molecule has 2 aromatic rings. The minimum atomic E-state index is -4.95. The Bertz CT molecular complexity index is 1250. The molecule has 9 nitrogen and oxygen atoms in total. The lowest BCUT2D eigenvalue weighted by Gasteiger charge is -2.35. The maximum absolute atomic E-state index is 14.4. The van der Waals surface area contributed by atoms with Gasteiger partial charge in [0, 0.05) is 31.4 Å². The van der Waals surface area contributed by atoms with Crippen molar-refractivity contribution in [1.82, 2.24) is 19.2 Å². The molecule has 2 N–H and O–H groups in total. The van der Waals surface area contributed by atoms with Gasteiger partial charge in [-0.15, -0.1) is 0 Å². The number of carbonyl (C=O) groups excluding carboxylic acids is 1. The van der Waals surface area contributed by atoms with Crippen molar-refractivity contribution >= 4 is 33.4 Å². The second-order valence-electron chi connectivity index (χ2n) is 8.93. The summed E-state index contributed by atoms with van der Waals surface area (Å²) in [5.41, 5.74) is 1.88. The van der Waals surface area contributed by atoms with Gasteiger partial charge in [-0.2, -0.15) is 18.2 Å². The molecule has 2 aliphatic rings. The Morgan fingerprint density at radius 2 is 1.86 bits per heavy atom. The summed E-state index contributed by atoms with van der Waals surface area (Å²) in [4.78, 5) is 20.7. The van der Waals surface area contributed by atoms with Gasteiger partial charge in [0.1, 0.15) is 0 Å². The van der Waals surface area contributed by atoms with Crippen LogP contribution >= 0.6 is 0 Å². The fourth-order valence-electron chi connectivity index (χ4n) is 4.51. The maximum Gasteiger partial charge on any atom is 0.471 e. The molecule has 1 amide bonds. The number of rotatable bonds is 5. The zero-order valence-corrected chi connectivity index (χ0v) is 20.5. The third-order valence-corrected chi connectivity index (χ3v) is 7.76. The summed E-state index contributed by atoms with van der Waals surface area (Å²) in [7, 11) is -3.28. The molecule has 1 fully saturated rings. The van der Waals surface area contributed by atoms with Gasteiger partial charge < -0.3 is 15.5 Å². The molecule has 0 spiro atoms. The highest BCUT2D eigenvalue weighted by atomic mass is 32.2. The average Bonchev–Trinajstić information content (AvgIpc) is 2.80. The number of piperidine rings is 1. The van der Waals surface area contributed by atoms with Gasteiger partial charge in [0.05, 0.1) is 18.5 Å². The van der Waals surface area contributed by atoms with Crippen LogP contribution in [0.3, 0.4) is 0 Å². The minimum Gasteiger partial charge on any atom is -0.365 e. The van der Waals surface area contributed by atoms with Crippen molar-refractivity contribution in [2.75, 3.05) is 36.5 Å². The van der Waals surface area contributed by atoms with Crippen molar-refractivity contribution in [3.05, 3.63) is 41.3 Å². The first-order valence-electron chi connectivity index (χ1n) is 11.3. The monoisotopic (exact) mass is 530 g/mol. The van der Waals surface area contributed by atoms with Crippen molar-refractivity contribution in [3.8, 4) is 0 Å². The summed E-state index contributed by atoms with van der Waals surface area (Å²) in [6.07, 6.45) is -1.55. The third-order valence-electron chi connectivity index (χ3n) is 6.45. The zero-order chi connectivity index (χ0) is 26.3. The van der Waals surface area contributed by atoms with E-state index in [4.69, 9.17) is 0 Å². The van der Waals surface area contributed by atoms with E-state index in [0.717, 1.165) is 22.9 Å². The van der Waals surface area contributed by atoms with E-state index in [1.54, 1.807) is 18.2 Å². The minimum absolute atomic E-state index is 0.0293. The van der Waals surface area contributed by atoms with Crippen LogP contribution in [0.4, 0.5) is 35.0 Å². The molecular weight excluding hydrogens is 504 g/mol. The number of halogens is 4. The van der Waals surface area contributed by atoms with Gasteiger partial charge in [-0.25, -0.2) is 22.1 Å². The van der Waals surface area contributed by atoms with E-state index in [-0.39, 0.29) is 24.4 Å². The van der Waals surface area contributed by atoms with Crippen LogP contribution in [0.15, 0.2) is 24.4 Å². The first kappa shape index (κ1) is 26.1. The standard InChI is InChI=1S/C22H26F4N6O3S/c1-13-17-11-16(4-3-14(17)5-10-32(13)20(33)22(24,25)26)29-21-27-12-18(23)19(30-21)28-15-6-8-31(9-7-15)36(2,34)35/h3-4,11-13,15H,5-10H2,1-2H3,(H2,27,28,29,30). The van der Waals surface area contributed by atoms with Gasteiger partial charge in [-0.1, -0.05) is 6.07 Å². The SMILES string of the molecule is CC1c2cc(Nc3ncc(F)c(NC4CCN(S(C)(=O)=O)CC4)n3)ccc2CCN1C(=O)C(F)(F)F. The number of nitrogens with zero attached hydrogens (tertiary/aromatic N) is 4. The molecule has 1 atom stereocenters. The number of benzene rings is 1. The fourth-order valence-corrected chi connectivity index (χ4v) is 5.39. The number of carbonyl (C=O) groups is 1. The van der Waals surface area contributed by atoms with Crippen LogP contribution in [-0.4, -0.2) is 71.6 Å². The maximum atomic E-state index is 14.4. The third kappa shape index (κ3) is 5.69. The number of sulfonamides is 1. The molecule has 1 aromatic carbocycles. The normalized spacial score (nSPS) is 19.6. The van der Waals surface area contributed by atoms with Crippen LogP contribution in [-0.2, 0) is 21.2 Å². The van der Waals surface area contributed by atoms with Crippen molar-refractivity contribution in [2.24, 2.45) is 0 Å². The Morgan fingerprint density at radius 3 is 2.50 bits per heavy atom. The van der Waals surface area contributed by atoms with Crippen molar-refractivity contribution in [2.45, 2.75) is 44.4 Å². The van der Waals surface area contributed by atoms with Crippen molar-refractivity contribution < 1.29 is 30.8 Å². The highest BCUT2D eigenvalue weighted by Crippen LogP contribution is 2.34. The van der Waals surface area contributed by atoms with E-state index in [9.17, 15) is 30.8 Å². The number of anilines is 3. The van der Waals surface area contributed by atoms with Gasteiger partial charge in [-0.05, 0) is 49.4 Å². The number of nitrogens with one attached hydrogen (secondary N) is 2. The lowest BCUT2D eigenvalue weighted by molar-refractivity contribution is -0.188. The van der Waals surface area contributed by atoms with Crippen LogP contribution in [0.2, 0.25) is 0 Å². The molecule has 14 heteroatoms. The summed E-state index contributed by atoms with van der Waals surface area (Å²) in [5, 5.41) is 5.94. The van der Waals surface area contributed by atoms with E-state index in [0.29, 0.717) is 43.6 Å². The highest BCUT2D eigenvalue weighted by molar-refractivity contribution is 7.88. The van der Waals surface area contributed by atoms with Crippen molar-refractivity contribution in [1.29, 1.82) is 0 Å². The largest absolute Gasteiger partial charge is 0.471 e. The fraction of sp³-hybridized carbons (Fsp3) is 0.500. The lowest BCUT2D eigenvalue weighted by atomic mass is 9.93. The molecule has 0 aliphatic carbocycles. The van der Waals surface area contributed by atoms with Gasteiger partial charge in [0.2, 0.25) is 16.0 Å². The number of hydrogen-bond acceptors (Lipinski definition) is 7. The first-order valence-corrected chi connectivity index (χ1v) is 13.2. The predicted molar refractivity (Wildman–Crippen MR) is 125 cm³/mol. The molecule has 0 bridgehead atoms. The summed E-state index contributed by atoms with van der Waals surface area (Å²) in [6.45, 7) is 2.14. The van der Waals surface area contributed by atoms with E-state index in [2.05, 4.69) is 20.6 Å². The van der Waals surface area contributed by atoms with Gasteiger partial charge >= 0.3 is 12.1 Å². The second-order valence-corrected chi connectivity index (χ2v) is 10.9. The highest BCUT2D eigenvalue weighted by Gasteiger charge is 2.45. The van der Waals surface area contributed by atoms with E-state index >= 15 is 0 Å². The first-order chi connectivity index (χ1) is 16.8. The Labute approximate surface area is 205 Å². The average molecular weight is 531 g/mol. The number of amides is 1. The van der Waals surface area contributed by atoms with Crippen LogP contribution in [0.5, 0.6) is 0 Å². The second kappa shape index (κ2) is 9.81. The predicted octanol–water partition coefficient (Wildman–Crippen LogP) is 3.20. The van der Waals surface area contributed by atoms with E-state index in [1.807, 2.05) is 0 Å². The Kier molecular flexibility index (Phi) is 7.10. The summed E-state index contributed by atoms with van der Waals surface area (Å²) < 4.78 is 78.0. The lowest BCUT2D eigenvalue weighted by Crippen LogP contribution is -2.45. The molecule has 0 radical (unpaired) electrons. The summed E-state index contributed by atoms with van der Waals surface area (Å²) in [5.74, 6) is -2.52. The number of hydrogen-bond donors (Lipinski definition) is 2. The van der Waals surface area contributed by atoms with E-state index < -0.39 is 34.0 Å². The molecule has 0 saturated carbocycles. The molecule has 36 heavy (non-hydrogen) atoms. The molecule has 196 valence electrons. The molecule has 1 aromatic heterocycles. The molecular formula is C22H26F4N6O3S. The number of alkyl halides is 3. The molecule has 1 unspecified atom stereocenters. The van der Waals surface area contributed by atoms with Crippen LogP contribution in [0.25, 0.3) is 0 Å². The van der Waals surface area contributed by atoms with E-state index in [1.165, 1.54) is 11.2 Å². The smallest absolute Gasteiger partial charge is 0.365 e. The number of aromatic nitrogens is 2. The molecule has 1 saturated heterocycles. The quantitative estimate of drug-likeness (QED) is 0.572. The molecule has 3 heterocycles. The Hall–Kier alpha value is -3.00. The van der Waals surface area contributed by atoms with Crippen LogP contribution in [0, 0.1) is 5.82 Å². The van der Waals surface area contributed by atoms with Crippen molar-refractivity contribution in [3.63, 3.8) is 0 Å². The zero-order valence-electron chi connectivity index (χ0n) is 19.6. The van der Waals surface area contributed by atoms with Gasteiger partial charge in [0.25, 0.3) is 0 Å². The molecule has 2 aliphatic heterocycles. The van der Waals surface area contributed by atoms with Crippen LogP contribution in [0.1, 0.15) is 36.9 Å². The Balaban J connectivity index is 1.47. The van der Waals surface area contributed by atoms with Gasteiger partial charge in [-0.3, -0.25) is 4.79 Å². The molecule has 4 rings (SSSR count). The van der Waals surface area contributed by atoms with Gasteiger partial charge in [0.15, 0.2) is 11.6 Å². The Morgan fingerprint density at radius 1 is 1.17 bits per heavy atom. The summed E-state index contributed by atoms with van der Waals surface area (Å²) in [6, 6.07) is 4.15. The summed E-state index contributed by atoms with van der Waals surface area (Å²) >= 11 is 0.